The molecule has 0 saturated heterocycles. The average molecular weight is 374 g/mol. The standard InChI is InChI=1S/C17H9F3N4OS/c18-17(19,20)11-6-4-10(5-7-11)15(25)24-16-23-14(13(9-21)26-16)12-3-1-2-8-22-12/h1-8H,(H,23,24,25). The average Bonchev–Trinajstić information content (AvgIpc) is 3.04. The molecule has 0 spiro atoms. The maximum atomic E-state index is 12.6. The fraction of sp³-hybridized carbons (Fsp3) is 0.0588. The normalized spacial score (nSPS) is 11.0. The lowest BCUT2D eigenvalue weighted by Gasteiger charge is -2.07. The van der Waals surface area contributed by atoms with Gasteiger partial charge in [-0.05, 0) is 36.4 Å². The van der Waals surface area contributed by atoms with Crippen molar-refractivity contribution < 1.29 is 18.0 Å². The topological polar surface area (TPSA) is 78.7 Å². The second-order valence-electron chi connectivity index (χ2n) is 5.05. The number of alkyl halides is 3. The van der Waals surface area contributed by atoms with Crippen LogP contribution in [-0.2, 0) is 6.18 Å². The lowest BCUT2D eigenvalue weighted by atomic mass is 10.1. The van der Waals surface area contributed by atoms with Crippen molar-refractivity contribution in [2.75, 3.05) is 5.32 Å². The van der Waals surface area contributed by atoms with Gasteiger partial charge in [0.2, 0.25) is 0 Å². The van der Waals surface area contributed by atoms with Gasteiger partial charge in [-0.2, -0.15) is 18.4 Å². The van der Waals surface area contributed by atoms with Crippen LogP contribution in [0.3, 0.4) is 0 Å². The predicted molar refractivity (Wildman–Crippen MR) is 89.5 cm³/mol. The monoisotopic (exact) mass is 374 g/mol. The molecule has 1 aromatic carbocycles. The van der Waals surface area contributed by atoms with Crippen LogP contribution in [0.4, 0.5) is 18.3 Å². The van der Waals surface area contributed by atoms with E-state index in [1.165, 1.54) is 0 Å². The molecule has 0 atom stereocenters. The number of carbonyl (C=O) groups excluding carboxylic acids is 1. The summed E-state index contributed by atoms with van der Waals surface area (Å²) in [6.07, 6.45) is -2.92. The van der Waals surface area contributed by atoms with Gasteiger partial charge in [0.05, 0.1) is 11.3 Å². The number of hydrogen-bond donors (Lipinski definition) is 1. The second kappa shape index (κ2) is 6.93. The molecule has 0 aliphatic carbocycles. The summed E-state index contributed by atoms with van der Waals surface area (Å²) in [5, 5.41) is 11.9. The maximum absolute atomic E-state index is 12.6. The van der Waals surface area contributed by atoms with Gasteiger partial charge in [-0.1, -0.05) is 17.4 Å². The molecule has 0 aliphatic rings. The first kappa shape index (κ1) is 17.6. The molecule has 0 radical (unpaired) electrons. The molecule has 26 heavy (non-hydrogen) atoms. The minimum atomic E-state index is -4.47. The molecular weight excluding hydrogens is 365 g/mol. The molecule has 5 nitrogen and oxygen atoms in total. The largest absolute Gasteiger partial charge is 0.416 e. The molecular formula is C17H9F3N4OS. The number of nitrogens with one attached hydrogen (secondary N) is 1. The van der Waals surface area contributed by atoms with E-state index in [-0.39, 0.29) is 15.6 Å². The van der Waals surface area contributed by atoms with Crippen LogP contribution >= 0.6 is 11.3 Å². The summed E-state index contributed by atoms with van der Waals surface area (Å²) in [5.41, 5.74) is 0.0229. The van der Waals surface area contributed by atoms with Crippen molar-refractivity contribution in [3.8, 4) is 17.5 Å². The number of amides is 1. The van der Waals surface area contributed by atoms with E-state index in [0.29, 0.717) is 11.4 Å². The van der Waals surface area contributed by atoms with Crippen molar-refractivity contribution in [1.82, 2.24) is 9.97 Å². The number of nitriles is 1. The molecule has 130 valence electrons. The number of rotatable bonds is 3. The summed E-state index contributed by atoms with van der Waals surface area (Å²) in [4.78, 5) is 20.8. The van der Waals surface area contributed by atoms with E-state index in [4.69, 9.17) is 0 Å². The van der Waals surface area contributed by atoms with Crippen LogP contribution in [0.15, 0.2) is 48.7 Å². The number of anilines is 1. The van der Waals surface area contributed by atoms with E-state index in [0.717, 1.165) is 35.6 Å². The highest BCUT2D eigenvalue weighted by Crippen LogP contribution is 2.31. The van der Waals surface area contributed by atoms with Gasteiger partial charge in [-0.3, -0.25) is 15.1 Å². The number of nitrogens with zero attached hydrogens (tertiary/aromatic N) is 3. The van der Waals surface area contributed by atoms with Crippen LogP contribution in [0.2, 0.25) is 0 Å². The lowest BCUT2D eigenvalue weighted by Crippen LogP contribution is -2.12. The summed E-state index contributed by atoms with van der Waals surface area (Å²) in [5.74, 6) is -0.621. The van der Waals surface area contributed by atoms with Crippen LogP contribution in [0, 0.1) is 11.3 Å². The Morgan fingerprint density at radius 3 is 2.46 bits per heavy atom. The van der Waals surface area contributed by atoms with Crippen molar-refractivity contribution in [1.29, 1.82) is 5.26 Å². The third-order valence-electron chi connectivity index (χ3n) is 3.33. The number of aromatic nitrogens is 2. The van der Waals surface area contributed by atoms with Gasteiger partial charge in [0.25, 0.3) is 5.91 Å². The van der Waals surface area contributed by atoms with Crippen molar-refractivity contribution >= 4 is 22.4 Å². The number of pyridine rings is 1. The molecule has 9 heteroatoms. The number of carbonyl (C=O) groups is 1. The van der Waals surface area contributed by atoms with Crippen LogP contribution in [0.1, 0.15) is 20.8 Å². The summed E-state index contributed by atoms with van der Waals surface area (Å²) in [7, 11) is 0. The van der Waals surface area contributed by atoms with E-state index in [9.17, 15) is 23.2 Å². The molecule has 0 bridgehead atoms. The quantitative estimate of drug-likeness (QED) is 0.739. The van der Waals surface area contributed by atoms with E-state index >= 15 is 0 Å². The lowest BCUT2D eigenvalue weighted by molar-refractivity contribution is -0.137. The van der Waals surface area contributed by atoms with Crippen molar-refractivity contribution in [2.45, 2.75) is 6.18 Å². The highest BCUT2D eigenvalue weighted by Gasteiger charge is 2.30. The van der Waals surface area contributed by atoms with E-state index in [1.54, 1.807) is 24.4 Å². The summed E-state index contributed by atoms with van der Waals surface area (Å²) in [6.45, 7) is 0. The van der Waals surface area contributed by atoms with Gasteiger partial charge >= 0.3 is 6.18 Å². The first-order chi connectivity index (χ1) is 12.4. The zero-order chi connectivity index (χ0) is 18.7. The summed E-state index contributed by atoms with van der Waals surface area (Å²) in [6, 6.07) is 10.9. The van der Waals surface area contributed by atoms with Crippen LogP contribution in [0.25, 0.3) is 11.4 Å². The molecule has 1 N–H and O–H groups in total. The number of thiazole rings is 1. The first-order valence-electron chi connectivity index (χ1n) is 7.19. The van der Waals surface area contributed by atoms with Crippen molar-refractivity contribution in [3.63, 3.8) is 0 Å². The van der Waals surface area contributed by atoms with Crippen LogP contribution in [-0.4, -0.2) is 15.9 Å². The SMILES string of the molecule is N#Cc1sc(NC(=O)c2ccc(C(F)(F)F)cc2)nc1-c1ccccn1. The van der Waals surface area contributed by atoms with E-state index in [1.807, 2.05) is 6.07 Å². The molecule has 2 heterocycles. The molecule has 0 fully saturated rings. The van der Waals surface area contributed by atoms with Gasteiger partial charge in [-0.15, -0.1) is 0 Å². The minimum Gasteiger partial charge on any atom is -0.298 e. The number of benzene rings is 1. The molecule has 3 aromatic rings. The highest BCUT2D eigenvalue weighted by atomic mass is 32.1. The number of halogens is 3. The maximum Gasteiger partial charge on any atom is 0.416 e. The molecule has 0 unspecified atom stereocenters. The van der Waals surface area contributed by atoms with Gasteiger partial charge in [0.1, 0.15) is 16.6 Å². The van der Waals surface area contributed by atoms with Gasteiger partial charge < -0.3 is 0 Å². The Hall–Kier alpha value is -3.25. The van der Waals surface area contributed by atoms with Crippen LogP contribution in [0.5, 0.6) is 0 Å². The zero-order valence-corrected chi connectivity index (χ0v) is 13.7. The predicted octanol–water partition coefficient (Wildman–Crippen LogP) is 4.35. The smallest absolute Gasteiger partial charge is 0.298 e. The Kier molecular flexibility index (Phi) is 4.69. The minimum absolute atomic E-state index is 0.0473. The Labute approximate surface area is 149 Å². The van der Waals surface area contributed by atoms with Gasteiger partial charge in [0, 0.05) is 11.8 Å². The van der Waals surface area contributed by atoms with Crippen LogP contribution < -0.4 is 5.32 Å². The molecule has 0 aliphatic heterocycles. The molecule has 3 rings (SSSR count). The Morgan fingerprint density at radius 1 is 1.15 bits per heavy atom. The second-order valence-corrected chi connectivity index (χ2v) is 6.05. The Balaban J connectivity index is 1.82. The molecule has 1 amide bonds. The van der Waals surface area contributed by atoms with Crippen molar-refractivity contribution in [3.05, 3.63) is 64.7 Å². The molecule has 2 aromatic heterocycles. The van der Waals surface area contributed by atoms with Gasteiger partial charge in [0.15, 0.2) is 5.13 Å². The fourth-order valence-corrected chi connectivity index (χ4v) is 2.87. The third kappa shape index (κ3) is 3.70. The first-order valence-corrected chi connectivity index (χ1v) is 8.01. The van der Waals surface area contributed by atoms with E-state index in [2.05, 4.69) is 15.3 Å². The summed E-state index contributed by atoms with van der Waals surface area (Å²) < 4.78 is 37.7. The van der Waals surface area contributed by atoms with Crippen molar-refractivity contribution in [2.24, 2.45) is 0 Å². The van der Waals surface area contributed by atoms with E-state index < -0.39 is 17.6 Å². The highest BCUT2D eigenvalue weighted by molar-refractivity contribution is 7.16. The molecule has 0 saturated carbocycles. The van der Waals surface area contributed by atoms with Gasteiger partial charge in [-0.25, -0.2) is 4.98 Å². The fourth-order valence-electron chi connectivity index (χ4n) is 2.11. The summed E-state index contributed by atoms with van der Waals surface area (Å²) >= 11 is 0.961. The Bertz CT molecular complexity index is 976. The Morgan fingerprint density at radius 2 is 1.88 bits per heavy atom. The third-order valence-corrected chi connectivity index (χ3v) is 4.21. The zero-order valence-electron chi connectivity index (χ0n) is 12.9. The number of hydrogen-bond acceptors (Lipinski definition) is 5.